The second-order valence-electron chi connectivity index (χ2n) is 8.96. The van der Waals surface area contributed by atoms with Gasteiger partial charge in [0.1, 0.15) is 0 Å². The molecule has 1 aromatic rings. The van der Waals surface area contributed by atoms with E-state index in [0.29, 0.717) is 0 Å². The third-order valence-corrected chi connectivity index (χ3v) is 7.79. The summed E-state index contributed by atoms with van der Waals surface area (Å²) in [6.07, 6.45) is 7.30. The van der Waals surface area contributed by atoms with Crippen LogP contribution in [0.5, 0.6) is 0 Å². The van der Waals surface area contributed by atoms with Crippen LogP contribution >= 0.6 is 11.3 Å². The van der Waals surface area contributed by atoms with Gasteiger partial charge in [0.25, 0.3) is 0 Å². The first-order chi connectivity index (χ1) is 13.0. The Kier molecular flexibility index (Phi) is 5.30. The van der Waals surface area contributed by atoms with Gasteiger partial charge < -0.3 is 5.32 Å². The minimum atomic E-state index is -0.334. The van der Waals surface area contributed by atoms with Crippen LogP contribution in [0.15, 0.2) is 17.5 Å². The van der Waals surface area contributed by atoms with Gasteiger partial charge in [-0.1, -0.05) is 13.0 Å². The van der Waals surface area contributed by atoms with E-state index in [9.17, 15) is 9.59 Å². The van der Waals surface area contributed by atoms with Crippen molar-refractivity contribution in [2.75, 3.05) is 6.54 Å². The van der Waals surface area contributed by atoms with Crippen molar-refractivity contribution in [3.8, 4) is 0 Å². The molecule has 5 nitrogen and oxygen atoms in total. The number of amides is 3. The topological polar surface area (TPSA) is 61.4 Å². The first kappa shape index (κ1) is 18.9. The summed E-state index contributed by atoms with van der Waals surface area (Å²) in [4.78, 5) is 28.6. The fourth-order valence-corrected chi connectivity index (χ4v) is 6.77. The van der Waals surface area contributed by atoms with Crippen molar-refractivity contribution in [2.24, 2.45) is 17.8 Å². The van der Waals surface area contributed by atoms with Crippen LogP contribution in [0.2, 0.25) is 0 Å². The molecular weight excluding hydrogens is 358 g/mol. The van der Waals surface area contributed by atoms with Crippen LogP contribution in [0.25, 0.3) is 0 Å². The van der Waals surface area contributed by atoms with Gasteiger partial charge in [-0.2, -0.15) is 0 Å². The minimum absolute atomic E-state index is 0.0657. The average Bonchev–Trinajstić information content (AvgIpc) is 3.10. The molecule has 5 rings (SSSR count). The fourth-order valence-electron chi connectivity index (χ4n) is 6.04. The number of nitrogens with zero attached hydrogens (tertiary/aromatic N) is 1. The highest BCUT2D eigenvalue weighted by Crippen LogP contribution is 2.55. The van der Waals surface area contributed by atoms with Crippen molar-refractivity contribution in [1.82, 2.24) is 15.5 Å². The molecule has 4 fully saturated rings. The number of likely N-dealkylation sites (N-methyl/N-ethyl adjacent to an activating group) is 1. The predicted molar refractivity (Wildman–Crippen MR) is 107 cm³/mol. The maximum atomic E-state index is 12.7. The third-order valence-electron chi connectivity index (χ3n) is 6.93. The largest absolute Gasteiger partial charge is 0.332 e. The maximum Gasteiger partial charge on any atom is 0.321 e. The first-order valence-corrected chi connectivity index (χ1v) is 11.2. The van der Waals surface area contributed by atoms with Crippen LogP contribution < -0.4 is 10.6 Å². The van der Waals surface area contributed by atoms with Gasteiger partial charge in [-0.25, -0.2) is 4.79 Å². The zero-order valence-electron chi connectivity index (χ0n) is 16.4. The Bertz CT molecular complexity index is 652. The molecule has 0 aromatic carbocycles. The van der Waals surface area contributed by atoms with E-state index < -0.39 is 0 Å². The lowest BCUT2D eigenvalue weighted by Crippen LogP contribution is -2.62. The van der Waals surface area contributed by atoms with Crippen LogP contribution in [-0.2, 0) is 11.3 Å². The number of rotatable bonds is 6. The highest BCUT2D eigenvalue weighted by molar-refractivity contribution is 7.09. The van der Waals surface area contributed by atoms with Crippen LogP contribution in [0.3, 0.4) is 0 Å². The van der Waals surface area contributed by atoms with E-state index in [2.05, 4.69) is 21.6 Å². The number of hydrogen-bond acceptors (Lipinski definition) is 4. The van der Waals surface area contributed by atoms with Crippen molar-refractivity contribution in [3.05, 3.63) is 22.4 Å². The maximum absolute atomic E-state index is 12.7. The second-order valence-corrected chi connectivity index (χ2v) is 9.99. The van der Waals surface area contributed by atoms with Gasteiger partial charge in [-0.3, -0.25) is 15.0 Å². The van der Waals surface area contributed by atoms with Gasteiger partial charge in [0, 0.05) is 17.0 Å². The van der Waals surface area contributed by atoms with E-state index in [1.807, 2.05) is 25.3 Å². The molecule has 0 aliphatic heterocycles. The molecule has 0 radical (unpaired) electrons. The van der Waals surface area contributed by atoms with E-state index in [1.165, 1.54) is 24.1 Å². The lowest BCUT2D eigenvalue weighted by atomic mass is 9.53. The summed E-state index contributed by atoms with van der Waals surface area (Å²) >= 11 is 1.69. The quantitative estimate of drug-likeness (QED) is 0.779. The zero-order valence-corrected chi connectivity index (χ0v) is 17.2. The molecule has 3 amide bonds. The summed E-state index contributed by atoms with van der Waals surface area (Å²) in [6.45, 7) is 5.43. The average molecular weight is 390 g/mol. The highest BCUT2D eigenvalue weighted by atomic mass is 32.1. The van der Waals surface area contributed by atoms with Gasteiger partial charge in [-0.05, 0) is 81.2 Å². The molecule has 4 aliphatic carbocycles. The van der Waals surface area contributed by atoms with E-state index in [-0.39, 0.29) is 23.5 Å². The van der Waals surface area contributed by atoms with E-state index in [0.717, 1.165) is 50.1 Å². The van der Waals surface area contributed by atoms with E-state index in [1.54, 1.807) is 11.3 Å². The summed E-state index contributed by atoms with van der Waals surface area (Å²) in [5, 5.41) is 7.90. The normalized spacial score (nSPS) is 32.5. The summed E-state index contributed by atoms with van der Waals surface area (Å²) in [7, 11) is 0. The highest BCUT2D eigenvalue weighted by Gasteiger charge is 2.51. The molecular formula is C21H31N3O2S. The van der Waals surface area contributed by atoms with Crippen molar-refractivity contribution >= 4 is 23.3 Å². The van der Waals surface area contributed by atoms with Crippen LogP contribution in [0, 0.1) is 17.8 Å². The number of nitrogens with one attached hydrogen (secondary N) is 2. The van der Waals surface area contributed by atoms with Gasteiger partial charge in [-0.15, -0.1) is 11.3 Å². The van der Waals surface area contributed by atoms with Crippen LogP contribution in [0.1, 0.15) is 57.2 Å². The predicted octanol–water partition coefficient (Wildman–Crippen LogP) is 3.75. The van der Waals surface area contributed by atoms with E-state index >= 15 is 0 Å². The molecule has 0 saturated heterocycles. The number of imide groups is 1. The number of thiophene rings is 1. The summed E-state index contributed by atoms with van der Waals surface area (Å²) < 4.78 is 0. The summed E-state index contributed by atoms with van der Waals surface area (Å²) in [5.41, 5.74) is -0.0657. The molecule has 148 valence electrons. The lowest BCUT2D eigenvalue weighted by Gasteiger charge is -2.56. The van der Waals surface area contributed by atoms with Gasteiger partial charge in [0.2, 0.25) is 5.91 Å². The minimum Gasteiger partial charge on any atom is -0.332 e. The molecule has 2 N–H and O–H groups in total. The number of carbonyl (C=O) groups is 2. The smallest absolute Gasteiger partial charge is 0.321 e. The molecule has 6 heteroatoms. The Morgan fingerprint density at radius 2 is 1.85 bits per heavy atom. The van der Waals surface area contributed by atoms with Crippen LogP contribution in [-0.4, -0.2) is 35.0 Å². The Balaban J connectivity index is 1.33. The molecule has 1 atom stereocenters. The molecule has 4 aliphatic rings. The lowest BCUT2D eigenvalue weighted by molar-refractivity contribution is -0.125. The van der Waals surface area contributed by atoms with Gasteiger partial charge in [0.15, 0.2) is 0 Å². The molecule has 1 heterocycles. The molecule has 0 unspecified atom stereocenters. The Morgan fingerprint density at radius 1 is 1.22 bits per heavy atom. The van der Waals surface area contributed by atoms with Crippen molar-refractivity contribution in [2.45, 2.75) is 70.5 Å². The van der Waals surface area contributed by atoms with Gasteiger partial charge >= 0.3 is 6.03 Å². The zero-order chi connectivity index (χ0) is 19.0. The Morgan fingerprint density at radius 3 is 2.37 bits per heavy atom. The van der Waals surface area contributed by atoms with Crippen LogP contribution in [0.4, 0.5) is 4.79 Å². The van der Waals surface area contributed by atoms with Crippen molar-refractivity contribution in [3.63, 3.8) is 0 Å². The summed E-state index contributed by atoms with van der Waals surface area (Å²) in [6, 6.07) is 3.47. The summed E-state index contributed by atoms with van der Waals surface area (Å²) in [5.74, 6) is 2.10. The standard InChI is InChI=1S/C21H31N3O2S/c1-3-24(13-18-5-4-6-27-18)14(2)19(25)22-20(26)23-21-10-15-7-16(11-21)9-17(8-15)12-21/h4-6,14-17H,3,7-13H2,1-2H3,(H2,22,23,25,26)/t14-,15?,16?,17?,21?/m0/s1. The van der Waals surface area contributed by atoms with Crippen molar-refractivity contribution < 1.29 is 9.59 Å². The SMILES string of the molecule is CCN(Cc1cccs1)[C@@H](C)C(=O)NC(=O)NC12CC3CC(CC(C3)C1)C2. The Labute approximate surface area is 165 Å². The number of urea groups is 1. The molecule has 0 spiro atoms. The van der Waals surface area contributed by atoms with Crippen molar-refractivity contribution in [1.29, 1.82) is 0 Å². The number of carbonyl (C=O) groups excluding carboxylic acids is 2. The van der Waals surface area contributed by atoms with Gasteiger partial charge in [0.05, 0.1) is 6.04 Å². The number of hydrogen-bond donors (Lipinski definition) is 2. The Hall–Kier alpha value is -1.40. The third kappa shape index (κ3) is 4.06. The molecule has 4 bridgehead atoms. The molecule has 27 heavy (non-hydrogen) atoms. The first-order valence-electron chi connectivity index (χ1n) is 10.4. The fraction of sp³-hybridized carbons (Fsp3) is 0.714. The monoisotopic (exact) mass is 389 g/mol. The van der Waals surface area contributed by atoms with E-state index in [4.69, 9.17) is 0 Å². The second kappa shape index (κ2) is 7.55. The molecule has 4 saturated carbocycles. The molecule has 1 aromatic heterocycles.